The lowest BCUT2D eigenvalue weighted by Gasteiger charge is -2.33. The number of hydrogen-bond acceptors (Lipinski definition) is 4. The van der Waals surface area contributed by atoms with Crippen molar-refractivity contribution in [3.8, 4) is 11.3 Å². The molecule has 1 spiro atoms. The Labute approximate surface area is 161 Å². The van der Waals surface area contributed by atoms with Crippen molar-refractivity contribution in [1.82, 2.24) is 9.97 Å². The Bertz CT molecular complexity index is 931. The summed E-state index contributed by atoms with van der Waals surface area (Å²) in [6.07, 6.45) is 5.11. The Hall–Kier alpha value is -1.56. The van der Waals surface area contributed by atoms with Gasteiger partial charge in [0, 0.05) is 11.0 Å². The van der Waals surface area contributed by atoms with Gasteiger partial charge in [-0.3, -0.25) is 4.99 Å². The van der Waals surface area contributed by atoms with Crippen LogP contribution in [0.2, 0.25) is 10.3 Å². The van der Waals surface area contributed by atoms with Crippen LogP contribution in [0.15, 0.2) is 23.3 Å². The van der Waals surface area contributed by atoms with E-state index < -0.39 is 16.8 Å². The zero-order valence-corrected chi connectivity index (χ0v) is 16.0. The van der Waals surface area contributed by atoms with Crippen molar-refractivity contribution in [1.29, 1.82) is 0 Å². The van der Waals surface area contributed by atoms with Gasteiger partial charge in [-0.05, 0) is 56.0 Å². The molecule has 2 aromatic rings. The van der Waals surface area contributed by atoms with E-state index in [1.54, 1.807) is 13.8 Å². The number of fused-ring (bicyclic) bond motifs is 2. The van der Waals surface area contributed by atoms with Crippen LogP contribution >= 0.6 is 23.2 Å². The number of rotatable bonds is 2. The topological polar surface area (TPSA) is 58.4 Å². The summed E-state index contributed by atoms with van der Waals surface area (Å²) in [4.78, 5) is 12.5. The van der Waals surface area contributed by atoms with Gasteiger partial charge >= 0.3 is 0 Å². The molecule has 1 fully saturated rings. The molecular formula is C19H18Cl2FN3O. The van der Waals surface area contributed by atoms with Crippen LogP contribution in [0.1, 0.15) is 45.1 Å². The van der Waals surface area contributed by atoms with Crippen LogP contribution in [0.3, 0.4) is 0 Å². The van der Waals surface area contributed by atoms with Gasteiger partial charge in [0.15, 0.2) is 0 Å². The highest BCUT2D eigenvalue weighted by Crippen LogP contribution is 2.54. The number of aliphatic hydroxyl groups is 1. The summed E-state index contributed by atoms with van der Waals surface area (Å²) in [5.74, 6) is -0.450. The molecule has 1 aliphatic heterocycles. The molecule has 1 saturated carbocycles. The number of aromatic nitrogens is 2. The first-order valence-corrected chi connectivity index (χ1v) is 9.32. The van der Waals surface area contributed by atoms with Crippen LogP contribution < -0.4 is 0 Å². The molecular weight excluding hydrogens is 376 g/mol. The largest absolute Gasteiger partial charge is 0.384 e. The minimum atomic E-state index is -1.12. The lowest BCUT2D eigenvalue weighted by molar-refractivity contribution is 0.146. The standard InChI is InChI=1S/C19H18Cl2FN3O/c1-18(2,26)16-19(5-3-4-6-19)11-7-10(8-13(22)15(11)24-16)14-12(20)9-23-17(21)25-14/h7-9,26H,3-6H2,1-2H3. The summed E-state index contributed by atoms with van der Waals surface area (Å²) >= 11 is 12.1. The van der Waals surface area contributed by atoms with E-state index >= 15 is 0 Å². The smallest absolute Gasteiger partial charge is 0.222 e. The Kier molecular flexibility index (Phi) is 4.10. The lowest BCUT2D eigenvalue weighted by atomic mass is 9.71. The minimum Gasteiger partial charge on any atom is -0.384 e. The first-order chi connectivity index (χ1) is 12.2. The van der Waals surface area contributed by atoms with E-state index in [4.69, 9.17) is 23.2 Å². The summed E-state index contributed by atoms with van der Waals surface area (Å²) in [7, 11) is 0. The summed E-state index contributed by atoms with van der Waals surface area (Å²) in [6.45, 7) is 3.41. The number of benzene rings is 1. The summed E-state index contributed by atoms with van der Waals surface area (Å²) < 4.78 is 15.0. The molecule has 0 radical (unpaired) electrons. The fourth-order valence-corrected chi connectivity index (χ4v) is 4.65. The van der Waals surface area contributed by atoms with Crippen molar-refractivity contribution < 1.29 is 9.50 Å². The fourth-order valence-electron chi connectivity index (χ4n) is 4.32. The highest BCUT2D eigenvalue weighted by atomic mass is 35.5. The molecule has 2 aliphatic rings. The van der Waals surface area contributed by atoms with Crippen LogP contribution in [0.4, 0.5) is 10.1 Å². The summed E-state index contributed by atoms with van der Waals surface area (Å²) in [5.41, 5.74) is 1.11. The second kappa shape index (κ2) is 5.98. The summed E-state index contributed by atoms with van der Waals surface area (Å²) in [6, 6.07) is 3.25. The van der Waals surface area contributed by atoms with E-state index in [1.807, 2.05) is 6.07 Å². The van der Waals surface area contributed by atoms with Crippen molar-refractivity contribution in [3.63, 3.8) is 0 Å². The second-order valence-corrected chi connectivity index (χ2v) is 8.24. The molecule has 26 heavy (non-hydrogen) atoms. The Morgan fingerprint density at radius 1 is 1.19 bits per heavy atom. The number of aliphatic imine (C=N–C) groups is 1. The average Bonchev–Trinajstić information content (AvgIpc) is 3.17. The zero-order valence-electron chi connectivity index (χ0n) is 14.5. The molecule has 1 aromatic carbocycles. The molecule has 4 rings (SSSR count). The average molecular weight is 394 g/mol. The predicted molar refractivity (Wildman–Crippen MR) is 101 cm³/mol. The van der Waals surface area contributed by atoms with Gasteiger partial charge < -0.3 is 5.11 Å². The molecule has 0 unspecified atom stereocenters. The third kappa shape index (κ3) is 2.65. The highest BCUT2D eigenvalue weighted by Gasteiger charge is 2.51. The van der Waals surface area contributed by atoms with Gasteiger partial charge in [0.25, 0.3) is 0 Å². The number of halogens is 3. The maximum Gasteiger partial charge on any atom is 0.222 e. The van der Waals surface area contributed by atoms with E-state index in [1.165, 1.54) is 12.3 Å². The third-order valence-electron chi connectivity index (χ3n) is 5.28. The molecule has 1 N–H and O–H groups in total. The number of nitrogens with zero attached hydrogens (tertiary/aromatic N) is 3. The molecule has 7 heteroatoms. The van der Waals surface area contributed by atoms with Crippen molar-refractivity contribution >= 4 is 34.6 Å². The van der Waals surface area contributed by atoms with Crippen molar-refractivity contribution in [3.05, 3.63) is 40.0 Å². The van der Waals surface area contributed by atoms with E-state index in [9.17, 15) is 9.50 Å². The van der Waals surface area contributed by atoms with Gasteiger partial charge in [0.05, 0.1) is 28.2 Å². The van der Waals surface area contributed by atoms with E-state index in [-0.39, 0.29) is 5.28 Å². The van der Waals surface area contributed by atoms with E-state index in [2.05, 4.69) is 15.0 Å². The normalized spacial score (nSPS) is 18.3. The van der Waals surface area contributed by atoms with E-state index in [0.29, 0.717) is 27.7 Å². The lowest BCUT2D eigenvalue weighted by Crippen LogP contribution is -2.44. The Morgan fingerprint density at radius 2 is 1.88 bits per heavy atom. The van der Waals surface area contributed by atoms with Gasteiger partial charge in [-0.15, -0.1) is 0 Å². The summed E-state index contributed by atoms with van der Waals surface area (Å²) in [5, 5.41) is 11.0. The first kappa shape index (κ1) is 17.8. The van der Waals surface area contributed by atoms with Crippen LogP contribution in [-0.2, 0) is 5.41 Å². The molecule has 1 aromatic heterocycles. The van der Waals surface area contributed by atoms with Gasteiger partial charge in [-0.1, -0.05) is 24.4 Å². The molecule has 0 atom stereocenters. The van der Waals surface area contributed by atoms with Gasteiger partial charge in [0.2, 0.25) is 5.28 Å². The molecule has 0 amide bonds. The van der Waals surface area contributed by atoms with Crippen LogP contribution in [0.25, 0.3) is 11.3 Å². The molecule has 136 valence electrons. The third-order valence-corrected chi connectivity index (χ3v) is 5.74. The van der Waals surface area contributed by atoms with Crippen LogP contribution in [0, 0.1) is 5.82 Å². The van der Waals surface area contributed by atoms with Crippen molar-refractivity contribution in [2.45, 2.75) is 50.5 Å². The zero-order chi connectivity index (χ0) is 18.7. The van der Waals surface area contributed by atoms with Crippen molar-refractivity contribution in [2.24, 2.45) is 4.99 Å². The monoisotopic (exact) mass is 393 g/mol. The van der Waals surface area contributed by atoms with Crippen LogP contribution in [0.5, 0.6) is 0 Å². The molecule has 4 nitrogen and oxygen atoms in total. The SMILES string of the molecule is CC(C)(O)C1=Nc2c(F)cc(-c3nc(Cl)ncc3Cl)cc2C12CCCC2. The minimum absolute atomic E-state index is 0.0503. The molecule has 0 bridgehead atoms. The highest BCUT2D eigenvalue weighted by molar-refractivity contribution is 6.33. The molecule has 2 heterocycles. The Morgan fingerprint density at radius 3 is 2.54 bits per heavy atom. The maximum atomic E-state index is 15.0. The predicted octanol–water partition coefficient (Wildman–Crippen LogP) is 5.26. The second-order valence-electron chi connectivity index (χ2n) is 7.50. The molecule has 1 aliphatic carbocycles. The maximum absolute atomic E-state index is 15.0. The van der Waals surface area contributed by atoms with Gasteiger partial charge in [-0.2, -0.15) is 0 Å². The Balaban J connectivity index is 1.94. The first-order valence-electron chi connectivity index (χ1n) is 8.57. The van der Waals surface area contributed by atoms with Gasteiger partial charge in [0.1, 0.15) is 11.5 Å². The fraction of sp³-hybridized carbons (Fsp3) is 0.421. The van der Waals surface area contributed by atoms with Crippen molar-refractivity contribution in [2.75, 3.05) is 0 Å². The van der Waals surface area contributed by atoms with E-state index in [0.717, 1.165) is 31.2 Å². The van der Waals surface area contributed by atoms with Gasteiger partial charge in [-0.25, -0.2) is 14.4 Å². The molecule has 0 saturated heterocycles. The van der Waals surface area contributed by atoms with Crippen LogP contribution in [-0.4, -0.2) is 26.4 Å². The number of hydrogen-bond donors (Lipinski definition) is 1. The quantitative estimate of drug-likeness (QED) is 0.707.